The predicted octanol–water partition coefficient (Wildman–Crippen LogP) is 3.74. The number of benzene rings is 1. The molecule has 1 aromatic carbocycles. The molecule has 2 heterocycles. The van der Waals surface area contributed by atoms with Gasteiger partial charge in [-0.25, -0.2) is 9.97 Å². The van der Waals surface area contributed by atoms with Crippen LogP contribution in [0.1, 0.15) is 51.8 Å². The van der Waals surface area contributed by atoms with Crippen LogP contribution in [0.4, 0.5) is 5.82 Å². The molecule has 2 fully saturated rings. The topological polar surface area (TPSA) is 65.3 Å². The average molecular weight is 394 g/mol. The molecule has 1 unspecified atom stereocenters. The van der Waals surface area contributed by atoms with Gasteiger partial charge in [-0.1, -0.05) is 12.1 Å². The Hall–Kier alpha value is -2.47. The molecule has 29 heavy (non-hydrogen) atoms. The van der Waals surface area contributed by atoms with Gasteiger partial charge in [0.25, 0.3) is 0 Å². The maximum absolute atomic E-state index is 8.68. The highest BCUT2D eigenvalue weighted by atomic mass is 16.5. The molecule has 2 aliphatic rings. The molecule has 4 rings (SSSR count). The van der Waals surface area contributed by atoms with Crippen molar-refractivity contribution in [3.8, 4) is 5.75 Å². The van der Waals surface area contributed by atoms with Crippen LogP contribution < -0.4 is 9.64 Å². The van der Waals surface area contributed by atoms with E-state index >= 15 is 0 Å². The van der Waals surface area contributed by atoms with Gasteiger partial charge in [-0.2, -0.15) is 0 Å². The summed E-state index contributed by atoms with van der Waals surface area (Å²) >= 11 is 0. The lowest BCUT2D eigenvalue weighted by molar-refractivity contribution is 0.148. The Morgan fingerprint density at radius 2 is 2.00 bits per heavy atom. The van der Waals surface area contributed by atoms with Gasteiger partial charge in [-0.15, -0.1) is 0 Å². The molecule has 1 aliphatic heterocycles. The van der Waals surface area contributed by atoms with Crippen molar-refractivity contribution in [3.05, 3.63) is 47.9 Å². The fourth-order valence-electron chi connectivity index (χ4n) is 4.03. The molecular formula is C23H31N5O. The zero-order chi connectivity index (χ0) is 20.6. The van der Waals surface area contributed by atoms with Gasteiger partial charge in [0.2, 0.25) is 0 Å². The summed E-state index contributed by atoms with van der Waals surface area (Å²) in [4.78, 5) is 13.7. The summed E-state index contributed by atoms with van der Waals surface area (Å²) < 4.78 is 6.06. The molecule has 1 N–H and O–H groups in total. The maximum atomic E-state index is 8.68. The van der Waals surface area contributed by atoms with Crippen molar-refractivity contribution in [3.63, 3.8) is 0 Å². The highest BCUT2D eigenvalue weighted by molar-refractivity contribution is 6.10. The molecule has 6 heteroatoms. The third-order valence-electron chi connectivity index (χ3n) is 6.02. The van der Waals surface area contributed by atoms with Gasteiger partial charge in [0, 0.05) is 43.3 Å². The van der Waals surface area contributed by atoms with Crippen LogP contribution in [0.3, 0.4) is 0 Å². The van der Waals surface area contributed by atoms with E-state index in [0.717, 1.165) is 49.6 Å². The second kappa shape index (κ2) is 7.75. The Morgan fingerprint density at radius 3 is 2.69 bits per heavy atom. The SMILES string of the molecule is CC(C)N1CCN(c2cc(C(=N)c3cccc(OC4(C)CC4)c3)ncn2)CC1C. The Balaban J connectivity index is 1.50. The van der Waals surface area contributed by atoms with Crippen LogP contribution in [0, 0.1) is 5.41 Å². The van der Waals surface area contributed by atoms with Crippen molar-refractivity contribution in [2.45, 2.75) is 58.2 Å². The van der Waals surface area contributed by atoms with E-state index in [9.17, 15) is 0 Å². The normalized spacial score (nSPS) is 21.3. The van der Waals surface area contributed by atoms with Gasteiger partial charge >= 0.3 is 0 Å². The number of hydrogen-bond acceptors (Lipinski definition) is 6. The Bertz CT molecular complexity index is 892. The van der Waals surface area contributed by atoms with Crippen molar-refractivity contribution < 1.29 is 4.74 Å². The summed E-state index contributed by atoms with van der Waals surface area (Å²) in [6.07, 6.45) is 3.75. The third-order valence-corrected chi connectivity index (χ3v) is 6.02. The lowest BCUT2D eigenvalue weighted by Gasteiger charge is -2.42. The van der Waals surface area contributed by atoms with E-state index in [1.807, 2.05) is 30.3 Å². The molecule has 1 aliphatic carbocycles. The summed E-state index contributed by atoms with van der Waals surface area (Å²) in [7, 11) is 0. The van der Waals surface area contributed by atoms with Crippen LogP contribution in [0.15, 0.2) is 36.7 Å². The highest BCUT2D eigenvalue weighted by Crippen LogP contribution is 2.39. The van der Waals surface area contributed by atoms with Gasteiger partial charge in [-0.3, -0.25) is 10.3 Å². The van der Waals surface area contributed by atoms with E-state index in [4.69, 9.17) is 10.1 Å². The minimum atomic E-state index is -0.0300. The molecule has 154 valence electrons. The number of anilines is 1. The molecule has 0 amide bonds. The molecule has 0 spiro atoms. The first-order chi connectivity index (χ1) is 13.8. The number of ether oxygens (including phenoxy) is 1. The van der Waals surface area contributed by atoms with Crippen molar-refractivity contribution >= 4 is 11.5 Å². The third kappa shape index (κ3) is 4.42. The molecule has 6 nitrogen and oxygen atoms in total. The Labute approximate surface area is 173 Å². The summed E-state index contributed by atoms with van der Waals surface area (Å²) in [5.74, 6) is 1.72. The number of piperazine rings is 1. The maximum Gasteiger partial charge on any atom is 0.132 e. The first kappa shape index (κ1) is 19.8. The number of nitrogens with one attached hydrogen (secondary N) is 1. The summed E-state index contributed by atoms with van der Waals surface area (Å²) in [6, 6.07) is 10.7. The number of rotatable bonds is 6. The van der Waals surface area contributed by atoms with Crippen LogP contribution in [0.25, 0.3) is 0 Å². The van der Waals surface area contributed by atoms with Crippen LogP contribution in [-0.2, 0) is 0 Å². The first-order valence-electron chi connectivity index (χ1n) is 10.6. The van der Waals surface area contributed by atoms with E-state index in [1.165, 1.54) is 0 Å². The first-order valence-corrected chi connectivity index (χ1v) is 10.6. The fraction of sp³-hybridized carbons (Fsp3) is 0.522. The van der Waals surface area contributed by atoms with Crippen LogP contribution >= 0.6 is 0 Å². The minimum absolute atomic E-state index is 0.0300. The molecule has 1 aromatic heterocycles. The second-order valence-corrected chi connectivity index (χ2v) is 8.84. The number of nitrogens with zero attached hydrogens (tertiary/aromatic N) is 4. The highest BCUT2D eigenvalue weighted by Gasteiger charge is 2.40. The lowest BCUT2D eigenvalue weighted by Crippen LogP contribution is -2.54. The monoisotopic (exact) mass is 393 g/mol. The van der Waals surface area contributed by atoms with Crippen molar-refractivity contribution in [1.82, 2.24) is 14.9 Å². The molecule has 0 bridgehead atoms. The Kier molecular flexibility index (Phi) is 5.30. The number of hydrogen-bond donors (Lipinski definition) is 1. The van der Waals surface area contributed by atoms with Gasteiger partial charge < -0.3 is 9.64 Å². The van der Waals surface area contributed by atoms with Crippen LogP contribution in [-0.4, -0.2) is 57.9 Å². The summed E-state index contributed by atoms with van der Waals surface area (Å²) in [5.41, 5.74) is 1.82. The second-order valence-electron chi connectivity index (χ2n) is 8.84. The van der Waals surface area contributed by atoms with Crippen LogP contribution in [0.5, 0.6) is 5.75 Å². The van der Waals surface area contributed by atoms with Gasteiger partial charge in [0.05, 0.1) is 11.4 Å². The van der Waals surface area contributed by atoms with Crippen molar-refractivity contribution in [2.75, 3.05) is 24.5 Å². The molecule has 2 aromatic rings. The van der Waals surface area contributed by atoms with Crippen molar-refractivity contribution in [2.24, 2.45) is 0 Å². The standard InChI is InChI=1S/C23H31N5O/c1-16(2)28-11-10-27(14-17(28)3)21-13-20(25-15-26-21)22(24)18-6-5-7-19(12-18)29-23(4)8-9-23/h5-7,12-13,15-17,24H,8-11,14H2,1-4H3. The van der Waals surface area contributed by atoms with Crippen molar-refractivity contribution in [1.29, 1.82) is 5.41 Å². The van der Waals surface area contributed by atoms with E-state index in [1.54, 1.807) is 6.33 Å². The van der Waals surface area contributed by atoms with Gasteiger partial charge in [-0.05, 0) is 52.7 Å². The molecule has 0 radical (unpaired) electrons. The van der Waals surface area contributed by atoms with E-state index < -0.39 is 0 Å². The fourth-order valence-corrected chi connectivity index (χ4v) is 4.03. The van der Waals surface area contributed by atoms with E-state index in [2.05, 4.69) is 47.5 Å². The predicted molar refractivity (Wildman–Crippen MR) is 116 cm³/mol. The zero-order valence-electron chi connectivity index (χ0n) is 17.9. The van der Waals surface area contributed by atoms with E-state index in [0.29, 0.717) is 23.5 Å². The quantitative estimate of drug-likeness (QED) is 0.758. The zero-order valence-corrected chi connectivity index (χ0v) is 17.9. The summed E-state index contributed by atoms with van der Waals surface area (Å²) in [5, 5.41) is 8.68. The molecule has 1 atom stereocenters. The van der Waals surface area contributed by atoms with E-state index in [-0.39, 0.29) is 5.60 Å². The summed E-state index contributed by atoms with van der Waals surface area (Å²) in [6.45, 7) is 11.8. The average Bonchev–Trinajstić information content (AvgIpc) is 3.43. The van der Waals surface area contributed by atoms with Gasteiger partial charge in [0.1, 0.15) is 23.5 Å². The smallest absolute Gasteiger partial charge is 0.132 e. The Morgan fingerprint density at radius 1 is 1.21 bits per heavy atom. The molecule has 1 saturated carbocycles. The number of aromatic nitrogens is 2. The minimum Gasteiger partial charge on any atom is -0.488 e. The lowest BCUT2D eigenvalue weighted by atomic mass is 10.1. The largest absolute Gasteiger partial charge is 0.488 e. The van der Waals surface area contributed by atoms with Crippen LogP contribution in [0.2, 0.25) is 0 Å². The molecule has 1 saturated heterocycles. The van der Waals surface area contributed by atoms with Gasteiger partial charge in [0.15, 0.2) is 0 Å². The molecular weight excluding hydrogens is 362 g/mol.